The Morgan fingerprint density at radius 3 is 2.00 bits per heavy atom. The molecule has 6 rings (SSSR count). The molecule has 3 aromatic rings. The van der Waals surface area contributed by atoms with E-state index in [2.05, 4.69) is 56.6 Å². The zero-order valence-electron chi connectivity index (χ0n) is 20.4. The number of benzene rings is 3. The van der Waals surface area contributed by atoms with E-state index in [4.69, 9.17) is 4.74 Å². The molecule has 0 saturated heterocycles. The lowest BCUT2D eigenvalue weighted by atomic mass is 9.68. The molecular weight excluding hydrogens is 464 g/mol. The Hall–Kier alpha value is -3.81. The molecule has 37 heavy (non-hydrogen) atoms. The van der Waals surface area contributed by atoms with Crippen LogP contribution in [0.1, 0.15) is 23.1 Å². The van der Waals surface area contributed by atoms with Gasteiger partial charge in [0.1, 0.15) is 5.60 Å². The van der Waals surface area contributed by atoms with Crippen LogP contribution >= 0.6 is 0 Å². The molecule has 1 saturated carbocycles. The third-order valence-electron chi connectivity index (χ3n) is 7.95. The summed E-state index contributed by atoms with van der Waals surface area (Å²) in [4.78, 5) is 23.3. The number of nitrogens with zero attached hydrogens (tertiary/aromatic N) is 3. The number of aliphatic imine (C=N–C) groups is 2. The van der Waals surface area contributed by atoms with Gasteiger partial charge in [0.2, 0.25) is 0 Å². The van der Waals surface area contributed by atoms with Crippen molar-refractivity contribution in [3.05, 3.63) is 108 Å². The van der Waals surface area contributed by atoms with Crippen molar-refractivity contribution in [1.82, 2.24) is 10.2 Å². The second-order valence-corrected chi connectivity index (χ2v) is 9.86. The molecule has 0 bridgehead atoms. The molecule has 7 heteroatoms. The Morgan fingerprint density at radius 2 is 1.46 bits per heavy atom. The number of aliphatic hydroxyl groups is 1. The molecule has 2 unspecified atom stereocenters. The first-order chi connectivity index (χ1) is 18.2. The number of carbonyl (C=O) groups excluding carboxylic acids is 1. The van der Waals surface area contributed by atoms with E-state index in [1.165, 1.54) is 6.34 Å². The standard InChI is InChI=1S/C30H30N4O3/c35-17-21-16-26(34-20-33-27-28(34)31-19-32-29(27)36)25(21)18-37-30(22-10-4-1-5-11-22,23-12-6-2-7-13-23)24-14-8-3-9-15-24/h1-15,19-21,25-28,35H,16-18H2,(H,31,32,36)/t21-,25-,26-,27?,28?/m1/s1. The number of amides is 1. The Bertz CT molecular complexity index is 1190. The molecule has 7 nitrogen and oxygen atoms in total. The van der Waals surface area contributed by atoms with E-state index < -0.39 is 11.6 Å². The number of carbonyl (C=O) groups is 1. The monoisotopic (exact) mass is 494 g/mol. The van der Waals surface area contributed by atoms with Crippen LogP contribution in [-0.4, -0.2) is 60.1 Å². The van der Waals surface area contributed by atoms with Crippen LogP contribution in [0.25, 0.3) is 0 Å². The quantitative estimate of drug-likeness (QED) is 0.471. The number of ether oxygens (including phenoxy) is 1. The van der Waals surface area contributed by atoms with E-state index in [0.29, 0.717) is 6.61 Å². The van der Waals surface area contributed by atoms with Gasteiger partial charge in [0, 0.05) is 18.6 Å². The van der Waals surface area contributed by atoms with Gasteiger partial charge in [0.25, 0.3) is 5.91 Å². The Morgan fingerprint density at radius 1 is 0.892 bits per heavy atom. The third kappa shape index (κ3) is 4.04. The van der Waals surface area contributed by atoms with Crippen molar-refractivity contribution in [3.8, 4) is 0 Å². The summed E-state index contributed by atoms with van der Waals surface area (Å²) in [5, 5.41) is 12.8. The van der Waals surface area contributed by atoms with Crippen molar-refractivity contribution in [1.29, 1.82) is 0 Å². The van der Waals surface area contributed by atoms with E-state index in [1.54, 1.807) is 6.34 Å². The molecule has 2 heterocycles. The first-order valence-corrected chi connectivity index (χ1v) is 12.8. The van der Waals surface area contributed by atoms with Gasteiger partial charge in [-0.1, -0.05) is 91.0 Å². The van der Waals surface area contributed by atoms with Gasteiger partial charge in [-0.05, 0) is 29.0 Å². The molecule has 0 spiro atoms. The van der Waals surface area contributed by atoms with Gasteiger partial charge in [-0.15, -0.1) is 0 Å². The highest BCUT2D eigenvalue weighted by Crippen LogP contribution is 2.45. The largest absolute Gasteiger partial charge is 0.396 e. The fourth-order valence-corrected chi connectivity index (χ4v) is 5.93. The van der Waals surface area contributed by atoms with Crippen LogP contribution in [0.3, 0.4) is 0 Å². The first-order valence-electron chi connectivity index (χ1n) is 12.8. The second kappa shape index (κ2) is 9.92. The predicted molar refractivity (Wildman–Crippen MR) is 142 cm³/mol. The minimum Gasteiger partial charge on any atom is -0.396 e. The number of hydrogen-bond donors (Lipinski definition) is 2. The second-order valence-electron chi connectivity index (χ2n) is 9.86. The number of nitrogens with one attached hydrogen (secondary N) is 1. The van der Waals surface area contributed by atoms with E-state index >= 15 is 0 Å². The van der Waals surface area contributed by atoms with Crippen molar-refractivity contribution in [2.45, 2.75) is 30.3 Å². The van der Waals surface area contributed by atoms with Crippen LogP contribution in [0, 0.1) is 11.8 Å². The van der Waals surface area contributed by atoms with Crippen LogP contribution in [0.5, 0.6) is 0 Å². The van der Waals surface area contributed by atoms with Crippen LogP contribution in [0.15, 0.2) is 101 Å². The molecule has 1 fully saturated rings. The number of rotatable bonds is 8. The van der Waals surface area contributed by atoms with Crippen molar-refractivity contribution in [3.63, 3.8) is 0 Å². The summed E-state index contributed by atoms with van der Waals surface area (Å²) in [5.74, 6) is 0.00518. The van der Waals surface area contributed by atoms with Crippen LogP contribution in [-0.2, 0) is 15.1 Å². The lowest BCUT2D eigenvalue weighted by Crippen LogP contribution is -2.59. The maximum atomic E-state index is 12.3. The SMILES string of the molecule is O=C1NC=NC2C1N=CN2[C@@H]1C[C@H](CO)[C@H]1COC(c1ccccc1)(c1ccccc1)c1ccccc1. The molecular formula is C30H30N4O3. The molecule has 3 aliphatic rings. The van der Waals surface area contributed by atoms with Crippen molar-refractivity contribution < 1.29 is 14.6 Å². The summed E-state index contributed by atoms with van der Waals surface area (Å²) in [7, 11) is 0. The van der Waals surface area contributed by atoms with E-state index in [9.17, 15) is 9.90 Å². The van der Waals surface area contributed by atoms with E-state index in [0.717, 1.165) is 23.1 Å². The fraction of sp³-hybridized carbons (Fsp3) is 0.300. The smallest absolute Gasteiger partial charge is 0.254 e. The summed E-state index contributed by atoms with van der Waals surface area (Å²) < 4.78 is 7.07. The maximum Gasteiger partial charge on any atom is 0.254 e. The minimum atomic E-state index is -0.825. The van der Waals surface area contributed by atoms with Gasteiger partial charge >= 0.3 is 0 Å². The van der Waals surface area contributed by atoms with Gasteiger partial charge in [-0.3, -0.25) is 9.79 Å². The third-order valence-corrected chi connectivity index (χ3v) is 7.95. The lowest BCUT2D eigenvalue weighted by Gasteiger charge is -2.50. The summed E-state index contributed by atoms with van der Waals surface area (Å²) in [6, 6.07) is 30.4. The Kier molecular flexibility index (Phi) is 6.32. The number of fused-ring (bicyclic) bond motifs is 1. The Balaban J connectivity index is 1.36. The van der Waals surface area contributed by atoms with Crippen molar-refractivity contribution in [2.24, 2.45) is 21.8 Å². The average molecular weight is 495 g/mol. The summed E-state index contributed by atoms with van der Waals surface area (Å²) in [6.07, 6.45) is 3.67. The molecule has 0 aromatic heterocycles. The number of hydrogen-bond acceptors (Lipinski definition) is 6. The molecule has 3 aromatic carbocycles. The van der Waals surface area contributed by atoms with Crippen molar-refractivity contribution >= 4 is 18.6 Å². The van der Waals surface area contributed by atoms with Gasteiger partial charge < -0.3 is 20.1 Å². The van der Waals surface area contributed by atoms with Crippen LogP contribution in [0.2, 0.25) is 0 Å². The van der Waals surface area contributed by atoms with E-state index in [-0.39, 0.29) is 36.6 Å². The summed E-state index contributed by atoms with van der Waals surface area (Å²) in [6.45, 7) is 0.509. The zero-order valence-corrected chi connectivity index (χ0v) is 20.4. The van der Waals surface area contributed by atoms with Crippen LogP contribution in [0.4, 0.5) is 0 Å². The van der Waals surface area contributed by atoms with Gasteiger partial charge in [0.15, 0.2) is 12.2 Å². The van der Waals surface area contributed by atoms with Crippen LogP contribution < -0.4 is 5.32 Å². The zero-order chi connectivity index (χ0) is 25.2. The molecule has 188 valence electrons. The highest BCUT2D eigenvalue weighted by Gasteiger charge is 2.51. The molecule has 0 radical (unpaired) electrons. The number of aliphatic hydroxyl groups excluding tert-OH is 1. The predicted octanol–water partition coefficient (Wildman–Crippen LogP) is 3.19. The lowest BCUT2D eigenvalue weighted by molar-refractivity contribution is -0.123. The van der Waals surface area contributed by atoms with Gasteiger partial charge in [-0.2, -0.15) is 0 Å². The minimum absolute atomic E-state index is 0.0471. The normalized spacial score (nSPS) is 26.5. The average Bonchev–Trinajstić information content (AvgIpc) is 3.37. The maximum absolute atomic E-state index is 12.3. The highest BCUT2D eigenvalue weighted by molar-refractivity contribution is 5.96. The molecule has 1 amide bonds. The molecule has 2 aliphatic heterocycles. The first kappa shape index (κ1) is 23.6. The molecule has 1 aliphatic carbocycles. The summed E-state index contributed by atoms with van der Waals surface area (Å²) in [5.41, 5.74) is 2.30. The highest BCUT2D eigenvalue weighted by atomic mass is 16.5. The Labute approximate surface area is 216 Å². The molecule has 2 N–H and O–H groups in total. The van der Waals surface area contributed by atoms with E-state index in [1.807, 2.05) is 54.6 Å². The van der Waals surface area contributed by atoms with Gasteiger partial charge in [-0.25, -0.2) is 4.99 Å². The van der Waals surface area contributed by atoms with Crippen molar-refractivity contribution in [2.75, 3.05) is 13.2 Å². The fourth-order valence-electron chi connectivity index (χ4n) is 5.93. The van der Waals surface area contributed by atoms with Gasteiger partial charge in [0.05, 0.1) is 19.3 Å². The summed E-state index contributed by atoms with van der Waals surface area (Å²) >= 11 is 0. The molecule has 5 atom stereocenters. The topological polar surface area (TPSA) is 86.5 Å².